The Morgan fingerprint density at radius 2 is 1.84 bits per heavy atom. The van der Waals surface area contributed by atoms with Crippen LogP contribution in [0.4, 0.5) is 18.9 Å². The van der Waals surface area contributed by atoms with E-state index in [4.69, 9.17) is 0 Å². The number of anilines is 1. The highest BCUT2D eigenvalue weighted by Gasteiger charge is 2.28. The highest BCUT2D eigenvalue weighted by Crippen LogP contribution is 2.20. The Labute approximate surface area is 141 Å². The molecule has 1 amide bonds. The Morgan fingerprint density at radius 3 is 2.56 bits per heavy atom. The van der Waals surface area contributed by atoms with E-state index >= 15 is 0 Å². The average molecular weight is 348 g/mol. The summed E-state index contributed by atoms with van der Waals surface area (Å²) < 4.78 is 40.9. The Bertz CT molecular complexity index is 870. The molecule has 0 spiro atoms. The van der Waals surface area contributed by atoms with Crippen LogP contribution in [0.15, 0.2) is 54.7 Å². The first-order chi connectivity index (χ1) is 11.9. The number of benzene rings is 2. The van der Waals surface area contributed by atoms with Gasteiger partial charge in [-0.15, -0.1) is 0 Å². The van der Waals surface area contributed by atoms with Gasteiger partial charge in [-0.1, -0.05) is 12.1 Å². The van der Waals surface area contributed by atoms with Crippen molar-refractivity contribution >= 4 is 22.5 Å². The number of aromatic amines is 1. The van der Waals surface area contributed by atoms with Gasteiger partial charge < -0.3 is 15.0 Å². The van der Waals surface area contributed by atoms with Gasteiger partial charge in [0.15, 0.2) is 6.61 Å². The van der Waals surface area contributed by atoms with Crippen LogP contribution in [0.5, 0.6) is 5.75 Å². The third kappa shape index (κ3) is 4.76. The second-order valence-corrected chi connectivity index (χ2v) is 5.55. The predicted octanol–water partition coefficient (Wildman–Crippen LogP) is 4.29. The lowest BCUT2D eigenvalue weighted by atomic mass is 10.1. The summed E-state index contributed by atoms with van der Waals surface area (Å²) in [6.07, 6.45) is -2.36. The van der Waals surface area contributed by atoms with Crippen molar-refractivity contribution < 1.29 is 22.7 Å². The number of amides is 1. The Hall–Kier alpha value is -2.96. The van der Waals surface area contributed by atoms with Crippen LogP contribution >= 0.6 is 0 Å². The molecule has 1 heterocycles. The van der Waals surface area contributed by atoms with E-state index in [1.165, 1.54) is 24.3 Å². The van der Waals surface area contributed by atoms with E-state index in [0.717, 1.165) is 16.5 Å². The van der Waals surface area contributed by atoms with Crippen molar-refractivity contribution in [3.05, 3.63) is 60.3 Å². The Morgan fingerprint density at radius 1 is 1.08 bits per heavy atom. The number of halogens is 3. The molecule has 7 heteroatoms. The monoisotopic (exact) mass is 348 g/mol. The van der Waals surface area contributed by atoms with Crippen LogP contribution in [-0.4, -0.2) is 23.7 Å². The van der Waals surface area contributed by atoms with Crippen LogP contribution in [0.25, 0.3) is 10.9 Å². The van der Waals surface area contributed by atoms with Gasteiger partial charge in [-0.3, -0.25) is 4.79 Å². The minimum atomic E-state index is -4.38. The molecule has 0 aliphatic carbocycles. The maximum Gasteiger partial charge on any atom is 0.422 e. The lowest BCUT2D eigenvalue weighted by Crippen LogP contribution is -2.19. The minimum Gasteiger partial charge on any atom is -0.484 e. The summed E-state index contributed by atoms with van der Waals surface area (Å²) >= 11 is 0. The van der Waals surface area contributed by atoms with Gasteiger partial charge in [0.25, 0.3) is 0 Å². The van der Waals surface area contributed by atoms with Gasteiger partial charge in [-0.2, -0.15) is 13.2 Å². The largest absolute Gasteiger partial charge is 0.484 e. The van der Waals surface area contributed by atoms with E-state index in [1.54, 1.807) is 0 Å². The smallest absolute Gasteiger partial charge is 0.422 e. The molecule has 4 nitrogen and oxygen atoms in total. The number of H-pyrrole nitrogens is 1. The number of hydrogen-bond donors (Lipinski definition) is 2. The first-order valence-corrected chi connectivity index (χ1v) is 7.54. The molecule has 2 N–H and O–H groups in total. The van der Waals surface area contributed by atoms with E-state index < -0.39 is 12.8 Å². The molecule has 3 rings (SSSR count). The van der Waals surface area contributed by atoms with E-state index in [1.807, 2.05) is 30.5 Å². The lowest BCUT2D eigenvalue weighted by molar-refractivity contribution is -0.153. The second-order valence-electron chi connectivity index (χ2n) is 5.55. The number of rotatable bonds is 5. The molecule has 0 aliphatic heterocycles. The lowest BCUT2D eigenvalue weighted by Gasteiger charge is -2.10. The molecule has 25 heavy (non-hydrogen) atoms. The fourth-order valence-corrected chi connectivity index (χ4v) is 2.40. The van der Waals surface area contributed by atoms with E-state index in [9.17, 15) is 18.0 Å². The molecule has 3 aromatic rings. The van der Waals surface area contributed by atoms with Crippen molar-refractivity contribution in [1.29, 1.82) is 0 Å². The van der Waals surface area contributed by atoms with Crippen LogP contribution in [0, 0.1) is 0 Å². The van der Waals surface area contributed by atoms with Crippen molar-refractivity contribution in [2.75, 3.05) is 11.9 Å². The molecule has 0 radical (unpaired) electrons. The molecule has 0 saturated heterocycles. The molecule has 0 aliphatic rings. The number of ether oxygens (including phenoxy) is 1. The Kier molecular flexibility index (Phi) is 4.65. The number of hydrogen-bond acceptors (Lipinski definition) is 2. The summed E-state index contributed by atoms with van der Waals surface area (Å²) in [7, 11) is 0. The van der Waals surface area contributed by atoms with Crippen molar-refractivity contribution in [3.8, 4) is 5.75 Å². The van der Waals surface area contributed by atoms with E-state index in [0.29, 0.717) is 5.69 Å². The van der Waals surface area contributed by atoms with Crippen molar-refractivity contribution in [1.82, 2.24) is 4.98 Å². The third-order valence-electron chi connectivity index (χ3n) is 3.52. The van der Waals surface area contributed by atoms with Crippen molar-refractivity contribution in [2.24, 2.45) is 0 Å². The number of nitrogens with one attached hydrogen (secondary N) is 2. The van der Waals surface area contributed by atoms with Gasteiger partial charge in [-0.05, 0) is 47.3 Å². The van der Waals surface area contributed by atoms with Gasteiger partial charge in [0.05, 0.1) is 6.42 Å². The van der Waals surface area contributed by atoms with Gasteiger partial charge >= 0.3 is 6.18 Å². The Balaban J connectivity index is 1.57. The van der Waals surface area contributed by atoms with Crippen LogP contribution in [-0.2, 0) is 11.2 Å². The molecule has 2 aromatic carbocycles. The fraction of sp³-hybridized carbons (Fsp3) is 0.167. The maximum atomic E-state index is 12.1. The summed E-state index contributed by atoms with van der Waals surface area (Å²) in [6.45, 7) is -1.35. The van der Waals surface area contributed by atoms with Crippen LogP contribution in [0.2, 0.25) is 0 Å². The summed E-state index contributed by atoms with van der Waals surface area (Å²) in [5.41, 5.74) is 2.30. The summed E-state index contributed by atoms with van der Waals surface area (Å²) in [5.74, 6) is -0.123. The zero-order valence-corrected chi connectivity index (χ0v) is 13.1. The molecule has 0 fully saturated rings. The van der Waals surface area contributed by atoms with E-state index in [-0.39, 0.29) is 18.1 Å². The summed E-state index contributed by atoms with van der Waals surface area (Å²) in [5, 5.41) is 3.77. The third-order valence-corrected chi connectivity index (χ3v) is 3.52. The quantitative estimate of drug-likeness (QED) is 0.723. The van der Waals surface area contributed by atoms with Crippen LogP contribution in [0.3, 0.4) is 0 Å². The fourth-order valence-electron chi connectivity index (χ4n) is 2.40. The molecule has 0 bridgehead atoms. The number of carbonyl (C=O) groups is 1. The molecule has 1 aromatic heterocycles. The standard InChI is InChI=1S/C18H15F3N2O2/c19-18(20,21)11-25-15-5-3-14(4-6-15)23-17(24)10-12-1-2-13-7-8-22-16(13)9-12/h1-9,22H,10-11H2,(H,23,24). The molecular formula is C18H15F3N2O2. The normalized spacial score (nSPS) is 11.5. The number of aromatic nitrogens is 1. The number of fused-ring (bicyclic) bond motifs is 1. The minimum absolute atomic E-state index is 0.0903. The van der Waals surface area contributed by atoms with Gasteiger partial charge in [-0.25, -0.2) is 0 Å². The first kappa shape index (κ1) is 16.9. The molecule has 0 atom stereocenters. The second kappa shape index (κ2) is 6.88. The van der Waals surface area contributed by atoms with Gasteiger partial charge in [0, 0.05) is 17.4 Å². The van der Waals surface area contributed by atoms with Gasteiger partial charge in [0.1, 0.15) is 5.75 Å². The van der Waals surface area contributed by atoms with Crippen molar-refractivity contribution in [2.45, 2.75) is 12.6 Å². The molecule has 0 unspecified atom stereocenters. The highest BCUT2D eigenvalue weighted by molar-refractivity contribution is 5.93. The number of alkyl halides is 3. The predicted molar refractivity (Wildman–Crippen MR) is 88.6 cm³/mol. The van der Waals surface area contributed by atoms with E-state index in [2.05, 4.69) is 15.0 Å². The van der Waals surface area contributed by atoms with Gasteiger partial charge in [0.2, 0.25) is 5.91 Å². The maximum absolute atomic E-state index is 12.1. The topological polar surface area (TPSA) is 54.1 Å². The van der Waals surface area contributed by atoms with Crippen LogP contribution in [0.1, 0.15) is 5.56 Å². The highest BCUT2D eigenvalue weighted by atomic mass is 19.4. The zero-order valence-electron chi connectivity index (χ0n) is 13.1. The molecular weight excluding hydrogens is 333 g/mol. The van der Waals surface area contributed by atoms with Crippen molar-refractivity contribution in [3.63, 3.8) is 0 Å². The molecule has 130 valence electrons. The summed E-state index contributed by atoms with van der Waals surface area (Å²) in [6, 6.07) is 13.4. The average Bonchev–Trinajstić information content (AvgIpc) is 3.01. The number of carbonyl (C=O) groups excluding carboxylic acids is 1. The molecule has 0 saturated carbocycles. The SMILES string of the molecule is O=C(Cc1ccc2cc[nH]c2c1)Nc1ccc(OCC(F)(F)F)cc1. The zero-order chi connectivity index (χ0) is 17.9. The summed E-state index contributed by atoms with van der Waals surface area (Å²) in [4.78, 5) is 15.2. The first-order valence-electron chi connectivity index (χ1n) is 7.54. The van der Waals surface area contributed by atoms with Crippen LogP contribution < -0.4 is 10.1 Å².